The Bertz CT molecular complexity index is 388. The second-order valence-electron chi connectivity index (χ2n) is 4.23. The first-order valence-corrected chi connectivity index (χ1v) is 5.92. The first kappa shape index (κ1) is 8.41. The van der Waals surface area contributed by atoms with Crippen molar-refractivity contribution >= 4 is 17.2 Å². The van der Waals surface area contributed by atoms with E-state index >= 15 is 0 Å². The summed E-state index contributed by atoms with van der Waals surface area (Å²) in [6.45, 7) is 0. The smallest absolute Gasteiger partial charge is 0.135 e. The van der Waals surface area contributed by atoms with Gasteiger partial charge in [-0.15, -0.1) is 11.3 Å². The number of nitrogens with one attached hydrogen (secondary N) is 1. The molecule has 0 unspecified atom stereocenters. The number of amidine groups is 1. The van der Waals surface area contributed by atoms with Crippen molar-refractivity contribution in [3.63, 3.8) is 0 Å². The van der Waals surface area contributed by atoms with E-state index in [-0.39, 0.29) is 5.84 Å². The molecule has 2 saturated carbocycles. The third-order valence-corrected chi connectivity index (χ3v) is 4.07. The fraction of sp³-hybridized carbons (Fsp3) is 0.600. The van der Waals surface area contributed by atoms with Crippen LogP contribution in [0.25, 0.3) is 0 Å². The van der Waals surface area contributed by atoms with Gasteiger partial charge in [-0.25, -0.2) is 4.98 Å². The van der Waals surface area contributed by atoms with Crippen molar-refractivity contribution in [3.05, 3.63) is 15.6 Å². The van der Waals surface area contributed by atoms with Gasteiger partial charge in [-0.1, -0.05) is 0 Å². The number of hydrogen-bond acceptors (Lipinski definition) is 3. The average Bonchev–Trinajstić information content (AvgIpc) is 3.03. The summed E-state index contributed by atoms with van der Waals surface area (Å²) in [4.78, 5) is 5.59. The van der Waals surface area contributed by atoms with Crippen molar-refractivity contribution in [2.45, 2.75) is 37.5 Å². The molecule has 3 N–H and O–H groups in total. The maximum absolute atomic E-state index is 7.52. The molecule has 0 saturated heterocycles. The molecule has 0 atom stereocenters. The lowest BCUT2D eigenvalue weighted by Crippen LogP contribution is -2.11. The van der Waals surface area contributed by atoms with Crippen LogP contribution in [-0.4, -0.2) is 10.8 Å². The number of nitrogens with zero attached hydrogens (tertiary/aromatic N) is 1. The van der Waals surface area contributed by atoms with Gasteiger partial charge >= 0.3 is 0 Å². The molecule has 2 aliphatic carbocycles. The molecule has 4 heteroatoms. The van der Waals surface area contributed by atoms with Crippen LogP contribution in [0.2, 0.25) is 0 Å². The normalized spacial score (nSPS) is 21.1. The van der Waals surface area contributed by atoms with E-state index in [9.17, 15) is 0 Å². The predicted octanol–water partition coefficient (Wildman–Crippen LogP) is 2.18. The minimum atomic E-state index is 0.205. The van der Waals surface area contributed by atoms with Gasteiger partial charge in [-0.2, -0.15) is 0 Å². The Kier molecular flexibility index (Phi) is 1.68. The van der Waals surface area contributed by atoms with Crippen LogP contribution >= 0.6 is 11.3 Å². The summed E-state index contributed by atoms with van der Waals surface area (Å²) in [5.41, 5.74) is 6.68. The van der Waals surface area contributed by atoms with Crippen LogP contribution in [0.3, 0.4) is 0 Å². The molecule has 74 valence electrons. The summed E-state index contributed by atoms with van der Waals surface area (Å²) >= 11 is 1.65. The monoisotopic (exact) mass is 207 g/mol. The predicted molar refractivity (Wildman–Crippen MR) is 57.1 cm³/mol. The zero-order valence-electron chi connectivity index (χ0n) is 7.92. The Morgan fingerprint density at radius 3 is 2.43 bits per heavy atom. The minimum absolute atomic E-state index is 0.205. The van der Waals surface area contributed by atoms with Gasteiger partial charge in [0.25, 0.3) is 0 Å². The Labute approximate surface area is 86.9 Å². The number of rotatable bonds is 3. The van der Waals surface area contributed by atoms with Crippen LogP contribution in [0.1, 0.15) is 53.1 Å². The molecule has 0 aromatic carbocycles. The SMILES string of the molecule is N=C(N)c1sc(C2CC2)nc1C1CC1. The molecule has 1 heterocycles. The van der Waals surface area contributed by atoms with Crippen molar-refractivity contribution in [1.29, 1.82) is 5.41 Å². The second kappa shape index (κ2) is 2.79. The largest absolute Gasteiger partial charge is 0.383 e. The van der Waals surface area contributed by atoms with E-state index < -0.39 is 0 Å². The molecule has 2 fully saturated rings. The molecule has 3 nitrogen and oxygen atoms in total. The second-order valence-corrected chi connectivity index (χ2v) is 5.26. The van der Waals surface area contributed by atoms with Crippen LogP contribution in [0.15, 0.2) is 0 Å². The highest BCUT2D eigenvalue weighted by Gasteiger charge is 2.34. The number of nitrogens with two attached hydrogens (primary N) is 1. The van der Waals surface area contributed by atoms with E-state index in [1.54, 1.807) is 11.3 Å². The van der Waals surface area contributed by atoms with Gasteiger partial charge in [-0.3, -0.25) is 5.41 Å². The maximum atomic E-state index is 7.52. The number of thiazole rings is 1. The number of nitrogen functional groups attached to an aromatic ring is 1. The number of aromatic nitrogens is 1. The zero-order chi connectivity index (χ0) is 9.71. The summed E-state index contributed by atoms with van der Waals surface area (Å²) in [6, 6.07) is 0. The highest BCUT2D eigenvalue weighted by Crippen LogP contribution is 2.47. The lowest BCUT2D eigenvalue weighted by atomic mass is 10.2. The molecule has 2 aliphatic rings. The summed E-state index contributed by atoms with van der Waals surface area (Å²) in [5.74, 6) is 1.50. The molecule has 0 radical (unpaired) electrons. The van der Waals surface area contributed by atoms with Crippen LogP contribution in [0.5, 0.6) is 0 Å². The quantitative estimate of drug-likeness (QED) is 0.589. The topological polar surface area (TPSA) is 62.8 Å². The van der Waals surface area contributed by atoms with Gasteiger partial charge in [0, 0.05) is 11.8 Å². The highest BCUT2D eigenvalue weighted by molar-refractivity contribution is 7.14. The van der Waals surface area contributed by atoms with Crippen LogP contribution in [0.4, 0.5) is 0 Å². The molecule has 14 heavy (non-hydrogen) atoms. The van der Waals surface area contributed by atoms with Gasteiger partial charge in [0.2, 0.25) is 0 Å². The van der Waals surface area contributed by atoms with Crippen LogP contribution in [0, 0.1) is 5.41 Å². The fourth-order valence-electron chi connectivity index (χ4n) is 1.68. The van der Waals surface area contributed by atoms with Gasteiger partial charge in [-0.05, 0) is 25.7 Å². The highest BCUT2D eigenvalue weighted by atomic mass is 32.1. The lowest BCUT2D eigenvalue weighted by Gasteiger charge is -1.95. The molecule has 0 bridgehead atoms. The average molecular weight is 207 g/mol. The van der Waals surface area contributed by atoms with Crippen molar-refractivity contribution < 1.29 is 0 Å². The van der Waals surface area contributed by atoms with Crippen molar-refractivity contribution in [1.82, 2.24) is 4.98 Å². The number of hydrogen-bond donors (Lipinski definition) is 2. The van der Waals surface area contributed by atoms with Crippen molar-refractivity contribution in [2.75, 3.05) is 0 Å². The third kappa shape index (κ3) is 1.34. The van der Waals surface area contributed by atoms with E-state index in [1.165, 1.54) is 30.7 Å². The Morgan fingerprint density at radius 2 is 1.93 bits per heavy atom. The molecule has 0 amide bonds. The molecule has 1 aromatic rings. The summed E-state index contributed by atoms with van der Waals surface area (Å²) in [6.07, 6.45) is 5.01. The standard InChI is InChI=1S/C10H13N3S/c11-9(12)8-7(5-1-2-5)13-10(14-8)6-3-4-6/h5-6H,1-4H2,(H3,11,12). The van der Waals surface area contributed by atoms with Gasteiger partial charge in [0.05, 0.1) is 15.6 Å². The van der Waals surface area contributed by atoms with Crippen LogP contribution < -0.4 is 5.73 Å². The van der Waals surface area contributed by atoms with E-state index in [2.05, 4.69) is 4.98 Å². The lowest BCUT2D eigenvalue weighted by molar-refractivity contribution is 0.984. The fourth-order valence-corrected chi connectivity index (χ4v) is 2.86. The third-order valence-electron chi connectivity index (χ3n) is 2.81. The van der Waals surface area contributed by atoms with Crippen molar-refractivity contribution in [3.8, 4) is 0 Å². The van der Waals surface area contributed by atoms with Gasteiger partial charge < -0.3 is 5.73 Å². The Balaban J connectivity index is 2.01. The van der Waals surface area contributed by atoms with E-state index in [0.717, 1.165) is 10.6 Å². The van der Waals surface area contributed by atoms with Crippen molar-refractivity contribution in [2.24, 2.45) is 5.73 Å². The summed E-state index contributed by atoms with van der Waals surface area (Å²) in [5, 5.41) is 8.74. The van der Waals surface area contributed by atoms with E-state index in [1.807, 2.05) is 0 Å². The first-order chi connectivity index (χ1) is 6.75. The summed E-state index contributed by atoms with van der Waals surface area (Å²) < 4.78 is 0. The molecule has 0 aliphatic heterocycles. The molecular formula is C10H13N3S. The van der Waals surface area contributed by atoms with E-state index in [4.69, 9.17) is 11.1 Å². The molecule has 3 rings (SSSR count). The molecule has 1 aromatic heterocycles. The van der Waals surface area contributed by atoms with Crippen LogP contribution in [-0.2, 0) is 0 Å². The molecule has 0 spiro atoms. The summed E-state index contributed by atoms with van der Waals surface area (Å²) in [7, 11) is 0. The Hall–Kier alpha value is -0.900. The zero-order valence-corrected chi connectivity index (χ0v) is 8.73. The minimum Gasteiger partial charge on any atom is -0.383 e. The first-order valence-electron chi connectivity index (χ1n) is 5.10. The van der Waals surface area contributed by atoms with E-state index in [0.29, 0.717) is 11.8 Å². The maximum Gasteiger partial charge on any atom is 0.135 e. The van der Waals surface area contributed by atoms with Gasteiger partial charge in [0.1, 0.15) is 5.84 Å². The molecular weight excluding hydrogens is 194 g/mol. The Morgan fingerprint density at radius 1 is 1.29 bits per heavy atom. The van der Waals surface area contributed by atoms with Gasteiger partial charge in [0.15, 0.2) is 0 Å².